The van der Waals surface area contributed by atoms with E-state index >= 15 is 0 Å². The van der Waals surface area contributed by atoms with Crippen molar-refractivity contribution in [3.05, 3.63) is 95.6 Å². The van der Waals surface area contributed by atoms with Gasteiger partial charge in [0.1, 0.15) is 0 Å². The maximum absolute atomic E-state index is 12.8. The fourth-order valence-electron chi connectivity index (χ4n) is 4.02. The first-order valence-corrected chi connectivity index (χ1v) is 11.2. The number of nitrogens with one attached hydrogen (secondary N) is 1. The lowest BCUT2D eigenvalue weighted by molar-refractivity contribution is 0.0785. The van der Waals surface area contributed by atoms with E-state index in [0.29, 0.717) is 23.4 Å². The van der Waals surface area contributed by atoms with Crippen LogP contribution in [0.15, 0.2) is 78.9 Å². The molecular weight excluding hydrogens is 398 g/mol. The van der Waals surface area contributed by atoms with Gasteiger partial charge in [0.05, 0.1) is 0 Å². The van der Waals surface area contributed by atoms with Gasteiger partial charge in [0.15, 0.2) is 0 Å². The number of rotatable bonds is 6. The van der Waals surface area contributed by atoms with Crippen molar-refractivity contribution >= 4 is 23.2 Å². The zero-order chi connectivity index (χ0) is 22.3. The Morgan fingerprint density at radius 3 is 2.12 bits per heavy atom. The van der Waals surface area contributed by atoms with Crippen LogP contribution < -0.4 is 10.2 Å². The third-order valence-corrected chi connectivity index (χ3v) is 5.85. The number of anilines is 2. The molecule has 0 bridgehead atoms. The Kier molecular flexibility index (Phi) is 6.85. The van der Waals surface area contributed by atoms with E-state index in [0.717, 1.165) is 18.7 Å². The van der Waals surface area contributed by atoms with Crippen LogP contribution in [-0.4, -0.2) is 36.9 Å². The van der Waals surface area contributed by atoms with Crippen LogP contribution in [-0.2, 0) is 6.54 Å². The second-order valence-corrected chi connectivity index (χ2v) is 8.27. The highest BCUT2D eigenvalue weighted by Crippen LogP contribution is 2.21. The fraction of sp³-hybridized carbons (Fsp3) is 0.259. The summed E-state index contributed by atoms with van der Waals surface area (Å²) in [5.74, 6) is -0.221. The molecule has 1 N–H and O–H groups in total. The van der Waals surface area contributed by atoms with Gasteiger partial charge < -0.3 is 15.1 Å². The summed E-state index contributed by atoms with van der Waals surface area (Å²) in [7, 11) is 1.81. The lowest BCUT2D eigenvalue weighted by atomic mass is 10.1. The molecular formula is C27H29N3O2. The number of piperidine rings is 1. The topological polar surface area (TPSA) is 52.6 Å². The predicted molar refractivity (Wildman–Crippen MR) is 129 cm³/mol. The van der Waals surface area contributed by atoms with E-state index in [1.807, 2.05) is 25.2 Å². The molecule has 0 saturated carbocycles. The van der Waals surface area contributed by atoms with Gasteiger partial charge in [-0.25, -0.2) is 0 Å². The maximum atomic E-state index is 12.8. The SMILES string of the molecule is CN(Cc1ccc(N2CCCCC2)cc1)C(=O)c1ccc(NC(=O)c2ccccc2)cc1. The maximum Gasteiger partial charge on any atom is 0.255 e. The van der Waals surface area contributed by atoms with Crippen molar-refractivity contribution in [2.24, 2.45) is 0 Å². The van der Waals surface area contributed by atoms with Gasteiger partial charge >= 0.3 is 0 Å². The highest BCUT2D eigenvalue weighted by Gasteiger charge is 2.14. The third-order valence-electron chi connectivity index (χ3n) is 5.85. The molecule has 1 heterocycles. The predicted octanol–water partition coefficient (Wildman–Crippen LogP) is 5.20. The van der Waals surface area contributed by atoms with Crippen LogP contribution >= 0.6 is 0 Å². The van der Waals surface area contributed by atoms with Crippen LogP contribution in [0, 0.1) is 0 Å². The number of nitrogens with zero attached hydrogens (tertiary/aromatic N) is 2. The molecule has 5 heteroatoms. The van der Waals surface area contributed by atoms with E-state index in [2.05, 4.69) is 34.5 Å². The number of carbonyl (C=O) groups is 2. The molecule has 3 aromatic carbocycles. The lowest BCUT2D eigenvalue weighted by Crippen LogP contribution is -2.29. The Bertz CT molecular complexity index is 1040. The molecule has 1 aliphatic heterocycles. The minimum Gasteiger partial charge on any atom is -0.372 e. The van der Waals surface area contributed by atoms with Crippen molar-refractivity contribution in [3.8, 4) is 0 Å². The van der Waals surface area contributed by atoms with Gasteiger partial charge in [-0.05, 0) is 73.4 Å². The van der Waals surface area contributed by atoms with Crippen LogP contribution in [0.1, 0.15) is 45.5 Å². The molecule has 2 amide bonds. The van der Waals surface area contributed by atoms with Crippen LogP contribution in [0.5, 0.6) is 0 Å². The van der Waals surface area contributed by atoms with Crippen molar-refractivity contribution in [2.75, 3.05) is 30.4 Å². The van der Waals surface area contributed by atoms with E-state index in [1.54, 1.807) is 41.3 Å². The monoisotopic (exact) mass is 427 g/mol. The summed E-state index contributed by atoms with van der Waals surface area (Å²) in [6.45, 7) is 2.80. The van der Waals surface area contributed by atoms with Crippen LogP contribution in [0.2, 0.25) is 0 Å². The van der Waals surface area contributed by atoms with E-state index in [-0.39, 0.29) is 11.8 Å². The molecule has 0 spiro atoms. The zero-order valence-corrected chi connectivity index (χ0v) is 18.5. The summed E-state index contributed by atoms with van der Waals surface area (Å²) in [6.07, 6.45) is 3.84. The van der Waals surface area contributed by atoms with Crippen LogP contribution in [0.25, 0.3) is 0 Å². The standard InChI is InChI=1S/C27H29N3O2/c1-29(20-21-10-16-25(17-11-21)30-18-6-3-7-19-30)27(32)23-12-14-24(15-13-23)28-26(31)22-8-4-2-5-9-22/h2,4-5,8-17H,3,6-7,18-20H2,1H3,(H,28,31). The molecule has 32 heavy (non-hydrogen) atoms. The Hall–Kier alpha value is -3.60. The highest BCUT2D eigenvalue weighted by molar-refractivity contribution is 6.04. The molecule has 0 radical (unpaired) electrons. The highest BCUT2D eigenvalue weighted by atomic mass is 16.2. The summed E-state index contributed by atoms with van der Waals surface area (Å²) in [5.41, 5.74) is 4.21. The first-order chi connectivity index (χ1) is 15.6. The van der Waals surface area contributed by atoms with Crippen molar-refractivity contribution in [1.82, 2.24) is 4.90 Å². The molecule has 164 valence electrons. The smallest absolute Gasteiger partial charge is 0.255 e. The van der Waals surface area contributed by atoms with Crippen molar-refractivity contribution < 1.29 is 9.59 Å². The van der Waals surface area contributed by atoms with E-state index < -0.39 is 0 Å². The third kappa shape index (κ3) is 5.35. The first-order valence-electron chi connectivity index (χ1n) is 11.2. The Morgan fingerprint density at radius 1 is 0.812 bits per heavy atom. The summed E-state index contributed by atoms with van der Waals surface area (Å²) in [6, 6.07) is 24.6. The normalized spacial score (nSPS) is 13.5. The molecule has 1 saturated heterocycles. The van der Waals surface area contributed by atoms with Crippen LogP contribution in [0.4, 0.5) is 11.4 Å². The minimum atomic E-state index is -0.171. The second kappa shape index (κ2) is 10.1. The molecule has 0 aliphatic carbocycles. The Morgan fingerprint density at radius 2 is 1.47 bits per heavy atom. The quantitative estimate of drug-likeness (QED) is 0.588. The summed E-state index contributed by atoms with van der Waals surface area (Å²) < 4.78 is 0. The Balaban J connectivity index is 1.33. The van der Waals surface area contributed by atoms with Gasteiger partial charge in [0, 0.05) is 49.2 Å². The molecule has 5 nitrogen and oxygen atoms in total. The van der Waals surface area contributed by atoms with Gasteiger partial charge in [-0.1, -0.05) is 30.3 Å². The van der Waals surface area contributed by atoms with Gasteiger partial charge in [0.25, 0.3) is 11.8 Å². The van der Waals surface area contributed by atoms with Crippen molar-refractivity contribution in [2.45, 2.75) is 25.8 Å². The number of carbonyl (C=O) groups excluding carboxylic acids is 2. The average Bonchev–Trinajstić information content (AvgIpc) is 2.85. The second-order valence-electron chi connectivity index (χ2n) is 8.27. The van der Waals surface area contributed by atoms with E-state index in [9.17, 15) is 9.59 Å². The number of amides is 2. The fourth-order valence-corrected chi connectivity index (χ4v) is 4.02. The minimum absolute atomic E-state index is 0.0500. The Labute approximate surface area is 189 Å². The van der Waals surface area contributed by atoms with Crippen LogP contribution in [0.3, 0.4) is 0 Å². The summed E-state index contributed by atoms with van der Waals surface area (Å²) in [4.78, 5) is 29.3. The number of hydrogen-bond acceptors (Lipinski definition) is 3. The van der Waals surface area contributed by atoms with Gasteiger partial charge in [-0.3, -0.25) is 9.59 Å². The molecule has 0 atom stereocenters. The van der Waals surface area contributed by atoms with Crippen molar-refractivity contribution in [3.63, 3.8) is 0 Å². The summed E-state index contributed by atoms with van der Waals surface area (Å²) >= 11 is 0. The van der Waals surface area contributed by atoms with Gasteiger partial charge in [-0.2, -0.15) is 0 Å². The molecule has 3 aromatic rings. The first kappa shape index (κ1) is 21.6. The molecule has 1 aliphatic rings. The van der Waals surface area contributed by atoms with E-state index in [1.165, 1.54) is 24.9 Å². The molecule has 1 fully saturated rings. The van der Waals surface area contributed by atoms with E-state index in [4.69, 9.17) is 0 Å². The molecule has 0 aromatic heterocycles. The lowest BCUT2D eigenvalue weighted by Gasteiger charge is -2.29. The van der Waals surface area contributed by atoms with Gasteiger partial charge in [-0.15, -0.1) is 0 Å². The van der Waals surface area contributed by atoms with Crippen molar-refractivity contribution in [1.29, 1.82) is 0 Å². The summed E-state index contributed by atoms with van der Waals surface area (Å²) in [5, 5.41) is 2.86. The van der Waals surface area contributed by atoms with Gasteiger partial charge in [0.2, 0.25) is 0 Å². The molecule has 0 unspecified atom stereocenters. The molecule has 4 rings (SSSR count). The number of benzene rings is 3. The number of hydrogen-bond donors (Lipinski definition) is 1. The zero-order valence-electron chi connectivity index (χ0n) is 18.5. The average molecular weight is 428 g/mol. The largest absolute Gasteiger partial charge is 0.372 e.